The fourth-order valence-electron chi connectivity index (χ4n) is 2.13. The van der Waals surface area contributed by atoms with E-state index in [0.29, 0.717) is 5.95 Å². The summed E-state index contributed by atoms with van der Waals surface area (Å²) in [4.78, 5) is 10.1. The molecular formula is C13H14BrN5S. The van der Waals surface area contributed by atoms with Crippen molar-refractivity contribution in [3.63, 3.8) is 0 Å². The van der Waals surface area contributed by atoms with Crippen molar-refractivity contribution in [2.24, 2.45) is 0 Å². The van der Waals surface area contributed by atoms with Gasteiger partial charge in [0.05, 0.1) is 16.7 Å². The van der Waals surface area contributed by atoms with Crippen LogP contribution in [0, 0.1) is 13.8 Å². The van der Waals surface area contributed by atoms with Gasteiger partial charge in [0.15, 0.2) is 5.65 Å². The summed E-state index contributed by atoms with van der Waals surface area (Å²) in [5.74, 6) is 0.626. The highest BCUT2D eigenvalue weighted by atomic mass is 79.9. The smallest absolute Gasteiger partial charge is 0.243 e. The zero-order valence-electron chi connectivity index (χ0n) is 11.4. The molecule has 0 aromatic carbocycles. The fourth-order valence-corrected chi connectivity index (χ4v) is 3.38. The number of thiazole rings is 1. The van der Waals surface area contributed by atoms with Gasteiger partial charge in [-0.2, -0.15) is 4.98 Å². The summed E-state index contributed by atoms with van der Waals surface area (Å²) in [6.07, 6.45) is 1.89. The van der Waals surface area contributed by atoms with Crippen molar-refractivity contribution in [2.75, 3.05) is 5.32 Å². The molecule has 0 saturated carbocycles. The number of fused-ring (bicyclic) bond motifs is 1. The number of hydrogen-bond acceptors (Lipinski definition) is 5. The summed E-state index contributed by atoms with van der Waals surface area (Å²) in [5, 5.41) is 8.84. The molecule has 7 heteroatoms. The number of pyridine rings is 1. The molecule has 0 saturated heterocycles. The van der Waals surface area contributed by atoms with Crippen LogP contribution in [0.2, 0.25) is 0 Å². The second-order valence-corrected chi connectivity index (χ2v) is 6.78. The maximum atomic E-state index is 4.46. The zero-order valence-corrected chi connectivity index (χ0v) is 13.8. The van der Waals surface area contributed by atoms with Crippen LogP contribution in [0.1, 0.15) is 28.5 Å². The zero-order chi connectivity index (χ0) is 14.3. The van der Waals surface area contributed by atoms with Crippen molar-refractivity contribution in [3.8, 4) is 0 Å². The average molecular weight is 352 g/mol. The van der Waals surface area contributed by atoms with Crippen LogP contribution in [0.15, 0.2) is 22.8 Å². The van der Waals surface area contributed by atoms with Gasteiger partial charge in [-0.15, -0.1) is 16.4 Å². The van der Waals surface area contributed by atoms with E-state index in [1.807, 2.05) is 32.2 Å². The first-order valence-corrected chi connectivity index (χ1v) is 7.86. The van der Waals surface area contributed by atoms with Crippen molar-refractivity contribution in [2.45, 2.75) is 26.8 Å². The lowest BCUT2D eigenvalue weighted by atomic mass is 10.2. The summed E-state index contributed by atoms with van der Waals surface area (Å²) in [6, 6.07) is 4.02. The highest BCUT2D eigenvalue weighted by Crippen LogP contribution is 2.26. The number of hydrogen-bond donors (Lipinski definition) is 1. The predicted molar refractivity (Wildman–Crippen MR) is 84.3 cm³/mol. The Kier molecular flexibility index (Phi) is 3.47. The van der Waals surface area contributed by atoms with E-state index in [0.717, 1.165) is 20.8 Å². The summed E-state index contributed by atoms with van der Waals surface area (Å²) in [5.41, 5.74) is 1.89. The van der Waals surface area contributed by atoms with E-state index >= 15 is 0 Å². The van der Waals surface area contributed by atoms with Crippen molar-refractivity contribution < 1.29 is 0 Å². The molecule has 1 atom stereocenters. The monoisotopic (exact) mass is 351 g/mol. The molecule has 3 heterocycles. The standard InChI is InChI=1S/C13H14BrN5S/c1-7-12(20-9(3)15-7)8(2)16-13-17-11-5-4-10(14)6-19(11)18-13/h4-6,8H,1-3H3,(H,16,18). The molecular weight excluding hydrogens is 338 g/mol. The van der Waals surface area contributed by atoms with Crippen LogP contribution in [0.4, 0.5) is 5.95 Å². The molecule has 0 bridgehead atoms. The highest BCUT2D eigenvalue weighted by Gasteiger charge is 2.14. The number of aryl methyl sites for hydroxylation is 2. The minimum atomic E-state index is 0.141. The molecule has 0 aliphatic carbocycles. The first kappa shape index (κ1) is 13.5. The van der Waals surface area contributed by atoms with E-state index in [4.69, 9.17) is 0 Å². The van der Waals surface area contributed by atoms with E-state index in [9.17, 15) is 0 Å². The molecule has 0 amide bonds. The van der Waals surface area contributed by atoms with Gasteiger partial charge in [-0.05, 0) is 48.8 Å². The quantitative estimate of drug-likeness (QED) is 0.780. The molecule has 0 aliphatic heterocycles. The third-order valence-electron chi connectivity index (χ3n) is 2.97. The molecule has 3 rings (SSSR count). The maximum absolute atomic E-state index is 4.46. The Bertz CT molecular complexity index is 763. The lowest BCUT2D eigenvalue weighted by molar-refractivity contribution is 0.857. The molecule has 0 aliphatic rings. The molecule has 1 unspecified atom stereocenters. The van der Waals surface area contributed by atoms with Gasteiger partial charge in [-0.1, -0.05) is 0 Å². The van der Waals surface area contributed by atoms with Crippen molar-refractivity contribution in [1.29, 1.82) is 0 Å². The number of aromatic nitrogens is 4. The summed E-state index contributed by atoms with van der Waals surface area (Å²) >= 11 is 5.13. The number of nitrogens with zero attached hydrogens (tertiary/aromatic N) is 4. The van der Waals surface area contributed by atoms with Gasteiger partial charge in [0.1, 0.15) is 0 Å². The Morgan fingerprint density at radius 1 is 1.30 bits per heavy atom. The second kappa shape index (κ2) is 5.14. The summed E-state index contributed by atoms with van der Waals surface area (Å²) < 4.78 is 2.73. The van der Waals surface area contributed by atoms with Gasteiger partial charge in [0.25, 0.3) is 0 Å². The Balaban J connectivity index is 1.87. The van der Waals surface area contributed by atoms with Crippen LogP contribution in [0.3, 0.4) is 0 Å². The van der Waals surface area contributed by atoms with Crippen LogP contribution in [0.25, 0.3) is 5.65 Å². The van der Waals surface area contributed by atoms with Crippen LogP contribution >= 0.6 is 27.3 Å². The first-order valence-electron chi connectivity index (χ1n) is 6.25. The van der Waals surface area contributed by atoms with E-state index in [-0.39, 0.29) is 6.04 Å². The Hall–Kier alpha value is -1.47. The normalized spacial score (nSPS) is 12.8. The van der Waals surface area contributed by atoms with E-state index in [1.54, 1.807) is 15.9 Å². The van der Waals surface area contributed by atoms with Crippen molar-refractivity contribution >= 4 is 38.9 Å². The van der Waals surface area contributed by atoms with Crippen LogP contribution in [-0.2, 0) is 0 Å². The Morgan fingerprint density at radius 2 is 2.10 bits per heavy atom. The van der Waals surface area contributed by atoms with E-state index < -0.39 is 0 Å². The maximum Gasteiger partial charge on any atom is 0.243 e. The molecule has 0 radical (unpaired) electrons. The van der Waals surface area contributed by atoms with Crippen LogP contribution in [-0.4, -0.2) is 19.6 Å². The van der Waals surface area contributed by atoms with Gasteiger partial charge in [-0.25, -0.2) is 9.50 Å². The second-order valence-electron chi connectivity index (χ2n) is 4.63. The fraction of sp³-hybridized carbons (Fsp3) is 0.308. The third kappa shape index (κ3) is 2.55. The van der Waals surface area contributed by atoms with Gasteiger partial charge < -0.3 is 5.32 Å². The summed E-state index contributed by atoms with van der Waals surface area (Å²) in [6.45, 7) is 6.15. The third-order valence-corrected chi connectivity index (χ3v) is 4.70. The molecule has 1 N–H and O–H groups in total. The number of nitrogens with one attached hydrogen (secondary N) is 1. The highest BCUT2D eigenvalue weighted by molar-refractivity contribution is 9.10. The SMILES string of the molecule is Cc1nc(C)c(C(C)Nc2nc3ccc(Br)cn3n2)s1. The predicted octanol–water partition coefficient (Wildman–Crippen LogP) is 3.74. The topological polar surface area (TPSA) is 55.1 Å². The van der Waals surface area contributed by atoms with Crippen LogP contribution in [0.5, 0.6) is 0 Å². The van der Waals surface area contributed by atoms with Crippen LogP contribution < -0.4 is 5.32 Å². The van der Waals surface area contributed by atoms with E-state index in [2.05, 4.69) is 43.2 Å². The molecule has 104 valence electrons. The molecule has 0 fully saturated rings. The first-order chi connectivity index (χ1) is 9.52. The lowest BCUT2D eigenvalue weighted by Gasteiger charge is -2.10. The van der Waals surface area contributed by atoms with Gasteiger partial charge in [-0.3, -0.25) is 0 Å². The molecule has 0 spiro atoms. The number of rotatable bonds is 3. The molecule has 3 aromatic heterocycles. The molecule has 20 heavy (non-hydrogen) atoms. The molecule has 3 aromatic rings. The van der Waals surface area contributed by atoms with Crippen molar-refractivity contribution in [3.05, 3.63) is 38.4 Å². The van der Waals surface area contributed by atoms with E-state index in [1.165, 1.54) is 4.88 Å². The number of anilines is 1. The number of halogens is 1. The minimum Gasteiger partial charge on any atom is -0.346 e. The van der Waals surface area contributed by atoms with Gasteiger partial charge in [0, 0.05) is 15.5 Å². The minimum absolute atomic E-state index is 0.141. The molecule has 5 nitrogen and oxygen atoms in total. The average Bonchev–Trinajstić information content (AvgIpc) is 2.91. The van der Waals surface area contributed by atoms with Gasteiger partial charge in [0.2, 0.25) is 5.95 Å². The Labute approximate surface area is 129 Å². The largest absolute Gasteiger partial charge is 0.346 e. The van der Waals surface area contributed by atoms with Crippen molar-refractivity contribution in [1.82, 2.24) is 19.6 Å². The Morgan fingerprint density at radius 3 is 2.80 bits per heavy atom. The van der Waals surface area contributed by atoms with Gasteiger partial charge >= 0.3 is 0 Å². The lowest BCUT2D eigenvalue weighted by Crippen LogP contribution is -2.07. The summed E-state index contributed by atoms with van der Waals surface area (Å²) in [7, 11) is 0.